The number of likely N-dealkylation sites (tertiary alicyclic amines) is 1. The van der Waals surface area contributed by atoms with Crippen LogP contribution in [0.1, 0.15) is 43.1 Å². The lowest BCUT2D eigenvalue weighted by Crippen LogP contribution is -2.41. The van der Waals surface area contributed by atoms with Crippen LogP contribution in [-0.4, -0.2) is 56.8 Å². The van der Waals surface area contributed by atoms with Crippen LogP contribution in [0, 0.1) is 5.92 Å². The fourth-order valence-corrected chi connectivity index (χ4v) is 4.40. The summed E-state index contributed by atoms with van der Waals surface area (Å²) >= 11 is 6.55. The highest BCUT2D eigenvalue weighted by molar-refractivity contribution is 6.31. The summed E-state index contributed by atoms with van der Waals surface area (Å²) in [6, 6.07) is 7.60. The number of piperidine rings is 1. The van der Waals surface area contributed by atoms with E-state index in [0.29, 0.717) is 11.6 Å². The number of hydrogen-bond acceptors (Lipinski definition) is 6. The number of hydrogen-bond donors (Lipinski definition) is 1. The molecule has 1 aromatic heterocycles. The van der Waals surface area contributed by atoms with Crippen molar-refractivity contribution in [1.29, 1.82) is 0 Å². The van der Waals surface area contributed by atoms with Gasteiger partial charge >= 0.3 is 0 Å². The third-order valence-corrected chi connectivity index (χ3v) is 6.05. The van der Waals surface area contributed by atoms with Crippen molar-refractivity contribution in [1.82, 2.24) is 25.1 Å². The van der Waals surface area contributed by atoms with Crippen LogP contribution in [0.2, 0.25) is 5.02 Å². The van der Waals surface area contributed by atoms with Crippen molar-refractivity contribution in [3.63, 3.8) is 0 Å². The summed E-state index contributed by atoms with van der Waals surface area (Å²) in [6.45, 7) is 2.88. The molecule has 0 bridgehead atoms. The van der Waals surface area contributed by atoms with E-state index >= 15 is 0 Å². The van der Waals surface area contributed by atoms with Crippen molar-refractivity contribution < 1.29 is 9.53 Å². The minimum atomic E-state index is -0.225. The van der Waals surface area contributed by atoms with E-state index in [2.05, 4.69) is 20.4 Å². The van der Waals surface area contributed by atoms with Crippen molar-refractivity contribution in [3.05, 3.63) is 40.7 Å². The molecule has 28 heavy (non-hydrogen) atoms. The number of aromatic nitrogens is 4. The lowest BCUT2D eigenvalue weighted by Gasteiger charge is -2.36. The summed E-state index contributed by atoms with van der Waals surface area (Å²) in [4.78, 5) is 13.9. The van der Waals surface area contributed by atoms with E-state index in [0.717, 1.165) is 56.8 Å². The molecule has 3 heterocycles. The molecule has 0 radical (unpaired) electrons. The van der Waals surface area contributed by atoms with Crippen molar-refractivity contribution in [2.75, 3.05) is 19.7 Å². The van der Waals surface area contributed by atoms with Crippen molar-refractivity contribution in [2.24, 2.45) is 11.7 Å². The minimum Gasteiger partial charge on any atom is -0.376 e. The third kappa shape index (κ3) is 4.04. The highest BCUT2D eigenvalue weighted by atomic mass is 35.5. The Morgan fingerprint density at radius 2 is 2.07 bits per heavy atom. The Kier molecular flexibility index (Phi) is 5.89. The smallest absolute Gasteiger partial charge is 0.220 e. The van der Waals surface area contributed by atoms with Gasteiger partial charge in [0.25, 0.3) is 0 Å². The van der Waals surface area contributed by atoms with Crippen molar-refractivity contribution in [2.45, 2.75) is 44.4 Å². The molecule has 1 amide bonds. The number of carbonyl (C=O) groups excluding carboxylic acids is 1. The van der Waals surface area contributed by atoms with E-state index in [1.165, 1.54) is 0 Å². The fraction of sp³-hybridized carbons (Fsp3) is 0.579. The van der Waals surface area contributed by atoms with Crippen molar-refractivity contribution in [3.8, 4) is 0 Å². The molecule has 8 nitrogen and oxygen atoms in total. The number of benzene rings is 1. The summed E-state index contributed by atoms with van der Waals surface area (Å²) in [7, 11) is 0. The second kappa shape index (κ2) is 8.55. The quantitative estimate of drug-likeness (QED) is 0.788. The van der Waals surface area contributed by atoms with Gasteiger partial charge in [-0.3, -0.25) is 9.69 Å². The van der Waals surface area contributed by atoms with Gasteiger partial charge in [0.15, 0.2) is 5.82 Å². The van der Waals surface area contributed by atoms with Crippen LogP contribution in [-0.2, 0) is 16.1 Å². The molecule has 4 rings (SSSR count). The Balaban J connectivity index is 1.64. The zero-order valence-corrected chi connectivity index (χ0v) is 16.5. The van der Waals surface area contributed by atoms with Gasteiger partial charge in [-0.2, -0.15) is 0 Å². The molecule has 0 aliphatic carbocycles. The second-order valence-corrected chi connectivity index (χ2v) is 7.90. The number of ether oxygens (including phenoxy) is 1. The van der Waals surface area contributed by atoms with Crippen LogP contribution >= 0.6 is 11.6 Å². The normalized spacial score (nSPS) is 22.4. The average Bonchev–Trinajstić information content (AvgIpc) is 3.37. The van der Waals surface area contributed by atoms with E-state index in [-0.39, 0.29) is 24.0 Å². The van der Waals surface area contributed by atoms with Crippen LogP contribution in [0.25, 0.3) is 0 Å². The number of rotatable bonds is 6. The molecule has 1 aromatic carbocycles. The number of primary amides is 1. The molecule has 9 heteroatoms. The molecule has 2 fully saturated rings. The molecule has 0 unspecified atom stereocenters. The third-order valence-electron chi connectivity index (χ3n) is 5.70. The number of carbonyl (C=O) groups is 1. The molecule has 2 aliphatic rings. The molecular formula is C19H25ClN6O2. The predicted molar refractivity (Wildman–Crippen MR) is 104 cm³/mol. The van der Waals surface area contributed by atoms with Crippen LogP contribution in [0.5, 0.6) is 0 Å². The van der Waals surface area contributed by atoms with Gasteiger partial charge < -0.3 is 10.5 Å². The SMILES string of the molecule is NC(=O)C1CCN([C@@H](c2ccccc2Cl)c2nnnn2C[C@@H]2CCCO2)CC1. The topological polar surface area (TPSA) is 99.2 Å². The summed E-state index contributed by atoms with van der Waals surface area (Å²) in [5, 5.41) is 13.2. The molecule has 2 atom stereocenters. The molecule has 2 saturated heterocycles. The number of nitrogens with two attached hydrogens (primary N) is 1. The largest absolute Gasteiger partial charge is 0.376 e. The molecule has 2 N–H and O–H groups in total. The van der Waals surface area contributed by atoms with Gasteiger partial charge in [0.1, 0.15) is 0 Å². The first-order valence-corrected chi connectivity index (χ1v) is 10.2. The number of nitrogens with zero attached hydrogens (tertiary/aromatic N) is 5. The number of tetrazole rings is 1. The average molecular weight is 405 g/mol. The van der Waals surface area contributed by atoms with Gasteiger partial charge in [-0.25, -0.2) is 4.68 Å². The minimum absolute atomic E-state index is 0.0778. The zero-order chi connectivity index (χ0) is 19.5. The number of halogens is 1. The Morgan fingerprint density at radius 3 is 2.75 bits per heavy atom. The second-order valence-electron chi connectivity index (χ2n) is 7.49. The fourth-order valence-electron chi connectivity index (χ4n) is 4.16. The summed E-state index contributed by atoms with van der Waals surface area (Å²) in [6.07, 6.45) is 3.67. The Bertz CT molecular complexity index is 814. The van der Waals surface area contributed by atoms with Crippen molar-refractivity contribution >= 4 is 17.5 Å². The Labute approximate surface area is 169 Å². The summed E-state index contributed by atoms with van der Waals surface area (Å²) < 4.78 is 7.61. The van der Waals surface area contributed by atoms with Crippen LogP contribution < -0.4 is 5.73 Å². The van der Waals surface area contributed by atoms with Gasteiger partial charge in [-0.05, 0) is 60.8 Å². The molecule has 2 aliphatic heterocycles. The lowest BCUT2D eigenvalue weighted by atomic mass is 9.93. The molecule has 2 aromatic rings. The molecule has 0 saturated carbocycles. The predicted octanol–water partition coefficient (Wildman–Crippen LogP) is 1.79. The maximum Gasteiger partial charge on any atom is 0.220 e. The Morgan fingerprint density at radius 1 is 1.29 bits per heavy atom. The van der Waals surface area contributed by atoms with E-state index in [4.69, 9.17) is 22.1 Å². The van der Waals surface area contributed by atoms with Gasteiger partial charge in [-0.15, -0.1) is 5.10 Å². The first-order valence-electron chi connectivity index (χ1n) is 9.79. The van der Waals surface area contributed by atoms with Gasteiger partial charge in [0.2, 0.25) is 5.91 Å². The molecular weight excluding hydrogens is 380 g/mol. The molecule has 0 spiro atoms. The van der Waals surface area contributed by atoms with Crippen LogP contribution in [0.3, 0.4) is 0 Å². The van der Waals surface area contributed by atoms with E-state index < -0.39 is 0 Å². The molecule has 150 valence electrons. The highest BCUT2D eigenvalue weighted by Crippen LogP contribution is 2.35. The maximum atomic E-state index is 11.6. The van der Waals surface area contributed by atoms with Gasteiger partial charge in [0, 0.05) is 17.5 Å². The standard InChI is InChI=1S/C19H25ClN6O2/c20-16-6-2-1-5-15(16)17(25-9-7-13(8-10-25)18(21)27)19-22-23-24-26(19)12-14-4-3-11-28-14/h1-2,5-6,13-14,17H,3-4,7-12H2,(H2,21,27)/t14-,17-/m0/s1. The monoisotopic (exact) mass is 404 g/mol. The van der Waals surface area contributed by atoms with E-state index in [1.54, 1.807) is 0 Å². The van der Waals surface area contributed by atoms with Gasteiger partial charge in [-0.1, -0.05) is 29.8 Å². The zero-order valence-electron chi connectivity index (χ0n) is 15.7. The summed E-state index contributed by atoms with van der Waals surface area (Å²) in [5.41, 5.74) is 6.47. The number of amides is 1. The van der Waals surface area contributed by atoms with Gasteiger partial charge in [0.05, 0.1) is 18.7 Å². The van der Waals surface area contributed by atoms with E-state index in [9.17, 15) is 4.79 Å². The Hall–Kier alpha value is -2.03. The maximum absolute atomic E-state index is 11.6. The lowest BCUT2D eigenvalue weighted by molar-refractivity contribution is -0.123. The summed E-state index contributed by atoms with van der Waals surface area (Å²) in [5.74, 6) is 0.448. The first kappa shape index (κ1) is 19.3. The van der Waals surface area contributed by atoms with Crippen LogP contribution in [0.15, 0.2) is 24.3 Å². The highest BCUT2D eigenvalue weighted by Gasteiger charge is 2.34. The van der Waals surface area contributed by atoms with Crippen LogP contribution in [0.4, 0.5) is 0 Å². The first-order chi connectivity index (χ1) is 13.6. The van der Waals surface area contributed by atoms with E-state index in [1.807, 2.05) is 28.9 Å².